The molecule has 21 heteroatoms. The molecule has 8 N–H and O–H groups in total. The van der Waals surface area contributed by atoms with E-state index in [0.29, 0.717) is 16.9 Å². The number of nitrogen functional groups attached to an aromatic ring is 4. The monoisotopic (exact) mass is 778 g/mol. The van der Waals surface area contributed by atoms with E-state index in [4.69, 9.17) is 34.5 Å². The van der Waals surface area contributed by atoms with Gasteiger partial charge in [0.25, 0.3) is 0 Å². The van der Waals surface area contributed by atoms with Crippen molar-refractivity contribution in [2.75, 3.05) is 22.9 Å². The number of nitrogens with zero attached hydrogens (tertiary/aromatic N) is 6. The van der Waals surface area contributed by atoms with Gasteiger partial charge in [0.1, 0.15) is 37.3 Å². The molecule has 0 saturated carbocycles. The first-order chi connectivity index (χ1) is 23.5. The molecule has 0 bridgehead atoms. The third-order valence-electron chi connectivity index (χ3n) is 7.10. The fraction of sp³-hybridized carbons (Fsp3) is 0.0323. The van der Waals surface area contributed by atoms with Gasteiger partial charge >= 0.3 is 59.1 Å². The van der Waals surface area contributed by atoms with Crippen LogP contribution in [0.4, 0.5) is 56.9 Å². The molecule has 0 aromatic heterocycles. The Morgan fingerprint density at radius 2 is 1.00 bits per heavy atom. The molecule has 52 heavy (non-hydrogen) atoms. The van der Waals surface area contributed by atoms with E-state index in [0.717, 1.165) is 29.3 Å². The molecule has 5 aromatic rings. The fourth-order valence-corrected chi connectivity index (χ4v) is 5.68. The van der Waals surface area contributed by atoms with E-state index >= 15 is 0 Å². The number of benzene rings is 5. The molecular formula is C31H25ClN10Na2O6S2. The molecule has 0 aliphatic rings. The van der Waals surface area contributed by atoms with E-state index < -0.39 is 35.7 Å². The second-order valence-corrected chi connectivity index (χ2v) is 13.6. The van der Waals surface area contributed by atoms with Crippen LogP contribution in [-0.2, 0) is 20.2 Å². The number of hydrogen-bond acceptors (Lipinski definition) is 16. The van der Waals surface area contributed by atoms with Gasteiger partial charge in [0.05, 0.1) is 54.6 Å². The Balaban J connectivity index is 0.00000364. The summed E-state index contributed by atoms with van der Waals surface area (Å²) in [6, 6.07) is 21.2. The Kier molecular flexibility index (Phi) is 14.2. The Hall–Kier alpha value is -3.79. The average molecular weight is 779 g/mol. The van der Waals surface area contributed by atoms with Gasteiger partial charge in [0.2, 0.25) is 0 Å². The van der Waals surface area contributed by atoms with Crippen molar-refractivity contribution in [3.05, 3.63) is 95.5 Å². The standard InChI is InChI=1S/C31H27ClN10O6S2.2Na/c1-16-14-24(40-37-21-10-12-22(13-11-21)49(43,44)45)28(35)31(27(16)34)42-39-20-8-4-18(5-9-20)17-2-6-19(7-3-17)38-41-30-25(50(46,47)48)15-23(33)26(32)29(30)36;;/h2-15H,33-36H2,1H3,(H,43,44,45)(H,46,47,48);;/q;2*+1/p-2. The van der Waals surface area contributed by atoms with Crippen LogP contribution in [0.15, 0.2) is 125 Å². The van der Waals surface area contributed by atoms with Crippen LogP contribution in [0.3, 0.4) is 0 Å². The van der Waals surface area contributed by atoms with Crippen LogP contribution in [0, 0.1) is 6.92 Å². The van der Waals surface area contributed by atoms with Crippen molar-refractivity contribution >= 4 is 88.7 Å². The van der Waals surface area contributed by atoms with E-state index in [1.165, 1.54) is 12.1 Å². The summed E-state index contributed by atoms with van der Waals surface area (Å²) in [6.45, 7) is 1.74. The van der Waals surface area contributed by atoms with Gasteiger partial charge in [-0.3, -0.25) is 0 Å². The summed E-state index contributed by atoms with van der Waals surface area (Å²) < 4.78 is 68.6. The number of halogens is 1. The van der Waals surface area contributed by atoms with E-state index in [9.17, 15) is 25.9 Å². The zero-order chi connectivity index (χ0) is 36.4. The summed E-state index contributed by atoms with van der Waals surface area (Å²) in [7, 11) is -9.56. The number of anilines is 4. The summed E-state index contributed by atoms with van der Waals surface area (Å²) in [5.41, 5.74) is 27.3. The minimum atomic E-state index is -4.97. The molecule has 0 saturated heterocycles. The predicted octanol–water partition coefficient (Wildman–Crippen LogP) is 1.71. The van der Waals surface area contributed by atoms with Crippen LogP contribution in [0.1, 0.15) is 5.56 Å². The van der Waals surface area contributed by atoms with E-state index in [2.05, 4.69) is 30.7 Å². The Morgan fingerprint density at radius 3 is 1.46 bits per heavy atom. The molecule has 5 rings (SSSR count). The minimum Gasteiger partial charge on any atom is -0.744 e. The summed E-state index contributed by atoms with van der Waals surface area (Å²) in [5, 5.41) is 24.4. The molecule has 0 atom stereocenters. The van der Waals surface area contributed by atoms with Crippen LogP contribution in [0.5, 0.6) is 0 Å². The van der Waals surface area contributed by atoms with Gasteiger partial charge in [-0.05, 0) is 84.3 Å². The Morgan fingerprint density at radius 1 is 0.558 bits per heavy atom. The summed E-state index contributed by atoms with van der Waals surface area (Å²) >= 11 is 6.01. The van der Waals surface area contributed by atoms with E-state index in [1.54, 1.807) is 61.5 Å². The van der Waals surface area contributed by atoms with Crippen molar-refractivity contribution in [1.29, 1.82) is 0 Å². The van der Waals surface area contributed by atoms with Crippen molar-refractivity contribution < 1.29 is 85.1 Å². The summed E-state index contributed by atoms with van der Waals surface area (Å²) in [5.74, 6) is 0. The van der Waals surface area contributed by atoms with Crippen molar-refractivity contribution in [3.8, 4) is 11.1 Å². The van der Waals surface area contributed by atoms with Crippen LogP contribution in [0.25, 0.3) is 11.1 Å². The van der Waals surface area contributed by atoms with Gasteiger partial charge in [-0.2, -0.15) is 15.3 Å². The van der Waals surface area contributed by atoms with E-state index in [1.807, 2.05) is 0 Å². The average Bonchev–Trinajstić information content (AvgIpc) is 3.07. The Bertz CT molecular complexity index is 2430. The second kappa shape index (κ2) is 17.4. The van der Waals surface area contributed by atoms with Crippen LogP contribution >= 0.6 is 11.6 Å². The number of hydrogen-bond donors (Lipinski definition) is 4. The molecule has 256 valence electrons. The molecule has 16 nitrogen and oxygen atoms in total. The zero-order valence-corrected chi connectivity index (χ0v) is 34.1. The second-order valence-electron chi connectivity index (χ2n) is 10.5. The summed E-state index contributed by atoms with van der Waals surface area (Å²) in [4.78, 5) is -1.13. The number of aryl methyl sites for hydroxylation is 1. The van der Waals surface area contributed by atoms with Crippen molar-refractivity contribution in [2.24, 2.45) is 30.7 Å². The van der Waals surface area contributed by atoms with Gasteiger partial charge in [0, 0.05) is 0 Å². The number of azo groups is 3. The first kappa shape index (κ1) is 42.6. The molecule has 0 unspecified atom stereocenters. The van der Waals surface area contributed by atoms with Crippen molar-refractivity contribution in [2.45, 2.75) is 16.7 Å². The van der Waals surface area contributed by atoms with Crippen molar-refractivity contribution in [1.82, 2.24) is 0 Å². The molecule has 5 aromatic carbocycles. The predicted molar refractivity (Wildman–Crippen MR) is 187 cm³/mol. The van der Waals surface area contributed by atoms with Crippen LogP contribution < -0.4 is 82.0 Å². The van der Waals surface area contributed by atoms with E-state index in [-0.39, 0.29) is 104 Å². The first-order valence-corrected chi connectivity index (χ1v) is 17.3. The topological polar surface area (TPSA) is 293 Å². The molecule has 0 aliphatic carbocycles. The smallest absolute Gasteiger partial charge is 0.744 e. The molecule has 0 radical (unpaired) electrons. The van der Waals surface area contributed by atoms with Crippen LogP contribution in [0.2, 0.25) is 5.02 Å². The summed E-state index contributed by atoms with van der Waals surface area (Å²) in [6.07, 6.45) is 0. The number of rotatable bonds is 9. The van der Waals surface area contributed by atoms with Gasteiger partial charge in [0.15, 0.2) is 0 Å². The van der Waals surface area contributed by atoms with Gasteiger partial charge in [-0.1, -0.05) is 35.9 Å². The molecule has 0 amide bonds. The molecule has 0 aliphatic heterocycles. The molecule has 0 fully saturated rings. The maximum Gasteiger partial charge on any atom is 1.00 e. The third-order valence-corrected chi connectivity index (χ3v) is 9.22. The quantitative estimate of drug-likeness (QED) is 0.0727. The minimum absolute atomic E-state index is 0. The zero-order valence-electron chi connectivity index (χ0n) is 27.7. The normalized spacial score (nSPS) is 11.9. The van der Waals surface area contributed by atoms with Gasteiger partial charge < -0.3 is 32.0 Å². The fourth-order valence-electron chi connectivity index (χ4n) is 4.41. The first-order valence-electron chi connectivity index (χ1n) is 14.1. The maximum absolute atomic E-state index is 11.7. The Labute approximate surface area is 347 Å². The van der Waals surface area contributed by atoms with Gasteiger partial charge in [-0.25, -0.2) is 16.8 Å². The number of nitrogens with two attached hydrogens (primary N) is 4. The van der Waals surface area contributed by atoms with Crippen molar-refractivity contribution in [3.63, 3.8) is 0 Å². The largest absolute Gasteiger partial charge is 1.00 e. The third kappa shape index (κ3) is 10.00. The SMILES string of the molecule is Cc1cc(N=Nc2ccc(S(=O)(=O)[O-])cc2)c(N)c(N=Nc2ccc(-c3ccc(N=Nc4c(S(=O)(=O)[O-])cc(N)c(Cl)c4N)cc3)cc2)c1N.[Na+].[Na+]. The molecular weight excluding hydrogens is 754 g/mol. The maximum atomic E-state index is 11.7. The van der Waals surface area contributed by atoms with Gasteiger partial charge in [-0.15, -0.1) is 15.3 Å². The molecule has 0 heterocycles. The molecule has 0 spiro atoms. The van der Waals surface area contributed by atoms with Crippen LogP contribution in [-0.4, -0.2) is 25.9 Å².